The number of hydrogen-bond donors (Lipinski definition) is 8. The molecule has 3 heterocycles. The van der Waals surface area contributed by atoms with Gasteiger partial charge in [0.15, 0.2) is 6.29 Å². The third-order valence-corrected chi connectivity index (χ3v) is 8.05. The predicted octanol–water partition coefficient (Wildman–Crippen LogP) is -3.03. The van der Waals surface area contributed by atoms with Gasteiger partial charge in [0.05, 0.1) is 25.4 Å². The number of amides is 2. The molecule has 11 atom stereocenters. The number of ether oxygens (including phenoxy) is 3. The molecule has 2 amide bonds. The number of carbonyl (C=O) groups is 3. The summed E-state index contributed by atoms with van der Waals surface area (Å²) in [6.07, 6.45) is -8.68. The Labute approximate surface area is 249 Å². The van der Waals surface area contributed by atoms with Crippen molar-refractivity contribution < 1.29 is 69.2 Å². The molecule has 0 aromatic carbocycles. The average molecular weight is 623 g/mol. The standard InChI is InChI=1S/C27H46N2O14/c1-14-21(34)24(37)22(35)16(41-14)8-7-15(5-3-2-4-6-20(33)43-29-18(31)9-10-19(29)32)28-11-12-40-27-26(39)25(38)23(36)17(13-30)42-27/h14-17,21-28,30,34-39H,2-13H2,1H3/t14-,15?,16-,17+,21+,22+,23+,24+,25-,26-,27-/m0/s1. The van der Waals surface area contributed by atoms with Gasteiger partial charge in [0.25, 0.3) is 11.8 Å². The summed E-state index contributed by atoms with van der Waals surface area (Å²) in [7, 11) is 0. The number of unbranched alkanes of at least 4 members (excludes halogenated alkanes) is 2. The van der Waals surface area contributed by atoms with E-state index in [1.165, 1.54) is 0 Å². The van der Waals surface area contributed by atoms with Gasteiger partial charge in [-0.1, -0.05) is 12.8 Å². The Bertz CT molecular complexity index is 893. The molecule has 1 unspecified atom stereocenters. The molecule has 3 fully saturated rings. The lowest BCUT2D eigenvalue weighted by molar-refractivity contribution is -0.300. The van der Waals surface area contributed by atoms with E-state index in [0.717, 1.165) is 0 Å². The third kappa shape index (κ3) is 9.83. The van der Waals surface area contributed by atoms with Crippen LogP contribution in [-0.2, 0) is 33.4 Å². The molecule has 248 valence electrons. The maximum absolute atomic E-state index is 12.0. The normalized spacial score (nSPS) is 35.8. The number of aliphatic hydroxyl groups excluding tert-OH is 7. The first-order valence-electron chi connectivity index (χ1n) is 14.9. The number of hydrogen-bond acceptors (Lipinski definition) is 15. The summed E-state index contributed by atoms with van der Waals surface area (Å²) in [5.41, 5.74) is 0. The number of hydroxylamine groups is 2. The van der Waals surface area contributed by atoms with Crippen LogP contribution in [0.2, 0.25) is 0 Å². The van der Waals surface area contributed by atoms with Crippen LogP contribution in [0.3, 0.4) is 0 Å². The highest BCUT2D eigenvalue weighted by Crippen LogP contribution is 2.25. The van der Waals surface area contributed by atoms with Crippen molar-refractivity contribution in [2.75, 3.05) is 19.8 Å². The largest absolute Gasteiger partial charge is 0.394 e. The van der Waals surface area contributed by atoms with Crippen molar-refractivity contribution in [3.05, 3.63) is 0 Å². The minimum Gasteiger partial charge on any atom is -0.394 e. The smallest absolute Gasteiger partial charge is 0.333 e. The van der Waals surface area contributed by atoms with Crippen molar-refractivity contribution in [3.63, 3.8) is 0 Å². The van der Waals surface area contributed by atoms with E-state index in [4.69, 9.17) is 19.0 Å². The van der Waals surface area contributed by atoms with E-state index in [0.29, 0.717) is 43.6 Å². The topological polar surface area (TPSA) is 245 Å². The van der Waals surface area contributed by atoms with Gasteiger partial charge in [-0.15, -0.1) is 5.06 Å². The molecular formula is C27H46N2O14. The highest BCUT2D eigenvalue weighted by molar-refractivity contribution is 6.01. The van der Waals surface area contributed by atoms with Crippen LogP contribution in [0.25, 0.3) is 0 Å². The summed E-state index contributed by atoms with van der Waals surface area (Å²) >= 11 is 0. The van der Waals surface area contributed by atoms with Gasteiger partial charge in [-0.05, 0) is 32.6 Å². The maximum atomic E-state index is 12.0. The van der Waals surface area contributed by atoms with Crippen LogP contribution in [0.4, 0.5) is 0 Å². The van der Waals surface area contributed by atoms with Crippen LogP contribution >= 0.6 is 0 Å². The van der Waals surface area contributed by atoms with E-state index in [1.54, 1.807) is 6.92 Å². The number of rotatable bonds is 16. The third-order valence-electron chi connectivity index (χ3n) is 8.05. The lowest BCUT2D eigenvalue weighted by atomic mass is 9.91. The van der Waals surface area contributed by atoms with Crippen LogP contribution < -0.4 is 5.32 Å². The van der Waals surface area contributed by atoms with Gasteiger partial charge >= 0.3 is 5.97 Å². The van der Waals surface area contributed by atoms with Gasteiger partial charge in [0, 0.05) is 31.8 Å². The van der Waals surface area contributed by atoms with E-state index < -0.39 is 85.6 Å². The Morgan fingerprint density at radius 3 is 2.21 bits per heavy atom. The summed E-state index contributed by atoms with van der Waals surface area (Å²) in [6, 6.07) is -0.125. The highest BCUT2D eigenvalue weighted by atomic mass is 16.7. The SMILES string of the molecule is C[C@@H]1O[C@@H](CCC(CCCCCC(=O)ON2C(=O)CCC2=O)NCCO[C@H]2O[C@H](CO)[C@@H](O)[C@H](O)[C@@H]2O)[C@@H](O)[C@H](O)[C@@H]1O. The number of aliphatic hydroxyl groups is 7. The quantitative estimate of drug-likeness (QED) is 0.0630. The first kappa shape index (κ1) is 35.6. The van der Waals surface area contributed by atoms with Crippen molar-refractivity contribution in [1.82, 2.24) is 10.4 Å². The van der Waals surface area contributed by atoms with E-state index in [2.05, 4.69) is 5.32 Å². The second-order valence-electron chi connectivity index (χ2n) is 11.3. The summed E-state index contributed by atoms with van der Waals surface area (Å²) < 4.78 is 16.6. The van der Waals surface area contributed by atoms with Crippen molar-refractivity contribution in [3.8, 4) is 0 Å². The second kappa shape index (κ2) is 17.0. The Morgan fingerprint density at radius 1 is 0.884 bits per heavy atom. The van der Waals surface area contributed by atoms with Gasteiger partial charge in [0.2, 0.25) is 0 Å². The van der Waals surface area contributed by atoms with E-state index in [9.17, 15) is 50.1 Å². The van der Waals surface area contributed by atoms with Gasteiger partial charge in [0.1, 0.15) is 42.7 Å². The van der Waals surface area contributed by atoms with E-state index in [1.807, 2.05) is 0 Å². The summed E-state index contributed by atoms with van der Waals surface area (Å²) in [5.74, 6) is -1.74. The molecule has 16 heteroatoms. The maximum Gasteiger partial charge on any atom is 0.333 e. The van der Waals surface area contributed by atoms with Crippen LogP contribution in [0.1, 0.15) is 64.7 Å². The molecule has 0 saturated carbocycles. The molecule has 0 aromatic heterocycles. The molecule has 0 radical (unpaired) electrons. The average Bonchev–Trinajstić information content (AvgIpc) is 3.30. The fourth-order valence-corrected chi connectivity index (χ4v) is 5.37. The molecule has 3 rings (SSSR count). The molecule has 8 N–H and O–H groups in total. The van der Waals surface area contributed by atoms with E-state index in [-0.39, 0.29) is 38.5 Å². The van der Waals surface area contributed by atoms with Gasteiger partial charge in [-0.2, -0.15) is 0 Å². The van der Waals surface area contributed by atoms with Crippen LogP contribution in [0.5, 0.6) is 0 Å². The molecular weight excluding hydrogens is 576 g/mol. The fraction of sp³-hybridized carbons (Fsp3) is 0.889. The van der Waals surface area contributed by atoms with Crippen molar-refractivity contribution in [1.29, 1.82) is 0 Å². The molecule has 3 aliphatic rings. The Balaban J connectivity index is 1.45. The van der Waals surface area contributed by atoms with Gasteiger partial charge in [-0.25, -0.2) is 4.79 Å². The lowest BCUT2D eigenvalue weighted by Crippen LogP contribution is -2.59. The molecule has 3 aliphatic heterocycles. The fourth-order valence-electron chi connectivity index (χ4n) is 5.37. The van der Waals surface area contributed by atoms with Crippen LogP contribution in [0.15, 0.2) is 0 Å². The lowest BCUT2D eigenvalue weighted by Gasteiger charge is -2.40. The summed E-state index contributed by atoms with van der Waals surface area (Å²) in [4.78, 5) is 40.1. The minimum absolute atomic E-state index is 0.0233. The predicted molar refractivity (Wildman–Crippen MR) is 143 cm³/mol. The first-order chi connectivity index (χ1) is 20.4. The molecule has 3 saturated heterocycles. The first-order valence-corrected chi connectivity index (χ1v) is 14.9. The number of carbonyl (C=O) groups excluding carboxylic acids is 3. The monoisotopic (exact) mass is 622 g/mol. The van der Waals surface area contributed by atoms with Gasteiger partial charge < -0.3 is 60.1 Å². The summed E-state index contributed by atoms with van der Waals surface area (Å²) in [5, 5.41) is 73.6. The molecule has 0 spiro atoms. The number of nitrogens with one attached hydrogen (secondary N) is 1. The highest BCUT2D eigenvalue weighted by Gasteiger charge is 2.44. The Morgan fingerprint density at radius 2 is 1.53 bits per heavy atom. The Hall–Kier alpha value is -1.83. The van der Waals surface area contributed by atoms with Crippen LogP contribution in [0, 0.1) is 0 Å². The zero-order valence-corrected chi connectivity index (χ0v) is 24.3. The zero-order chi connectivity index (χ0) is 31.7. The molecule has 0 aliphatic carbocycles. The minimum atomic E-state index is -1.55. The second-order valence-corrected chi connectivity index (χ2v) is 11.3. The number of imide groups is 1. The Kier molecular flexibility index (Phi) is 14.1. The van der Waals surface area contributed by atoms with Crippen molar-refractivity contribution in [2.45, 2.75) is 132 Å². The zero-order valence-electron chi connectivity index (χ0n) is 24.3. The van der Waals surface area contributed by atoms with Crippen molar-refractivity contribution >= 4 is 17.8 Å². The van der Waals surface area contributed by atoms with Crippen LogP contribution in [-0.4, -0.2) is 146 Å². The molecule has 43 heavy (non-hydrogen) atoms. The molecule has 0 aromatic rings. The number of nitrogens with zero attached hydrogens (tertiary/aromatic N) is 1. The van der Waals surface area contributed by atoms with E-state index >= 15 is 0 Å². The molecule has 16 nitrogen and oxygen atoms in total. The molecule has 0 bridgehead atoms. The summed E-state index contributed by atoms with van der Waals surface area (Å²) in [6.45, 7) is 1.37. The van der Waals surface area contributed by atoms with Gasteiger partial charge in [-0.3, -0.25) is 9.59 Å². The van der Waals surface area contributed by atoms with Crippen molar-refractivity contribution in [2.24, 2.45) is 0 Å².